The molecule has 0 aliphatic heterocycles. The van der Waals surface area contributed by atoms with Crippen LogP contribution in [0.25, 0.3) is 0 Å². The highest BCUT2D eigenvalue weighted by atomic mass is 16.4. The zero-order chi connectivity index (χ0) is 16.2. The second-order valence-corrected chi connectivity index (χ2v) is 5.91. The van der Waals surface area contributed by atoms with Gasteiger partial charge >= 0.3 is 0 Å². The molecule has 0 radical (unpaired) electrons. The molecular formula is C16H23N3O3. The number of nitrogens with zero attached hydrogens (tertiary/aromatic N) is 2. The molecular weight excluding hydrogens is 282 g/mol. The number of carbonyl (C=O) groups is 1. The van der Waals surface area contributed by atoms with Gasteiger partial charge < -0.3 is 19.4 Å². The van der Waals surface area contributed by atoms with Crippen LogP contribution in [-0.4, -0.2) is 27.1 Å². The third-order valence-electron chi connectivity index (χ3n) is 3.53. The van der Waals surface area contributed by atoms with Crippen LogP contribution in [0.2, 0.25) is 0 Å². The standard InChI is InChI=1S/C16H23N3O3/c1-12(2)15-17-7-9-19(15)8-6-14(20)18-11-16(3,21)13-5-4-10-22-13/h4-5,7,9-10,12,21H,6,8,11H2,1-3H3,(H,18,20)/t16-/m1/s1. The van der Waals surface area contributed by atoms with E-state index in [0.29, 0.717) is 24.6 Å². The van der Waals surface area contributed by atoms with Gasteiger partial charge in [-0.1, -0.05) is 13.8 Å². The van der Waals surface area contributed by atoms with E-state index in [2.05, 4.69) is 24.1 Å². The predicted octanol–water partition coefficient (Wildman–Crippen LogP) is 2.01. The van der Waals surface area contributed by atoms with Gasteiger partial charge in [0.25, 0.3) is 0 Å². The number of carbonyl (C=O) groups excluding carboxylic acids is 1. The van der Waals surface area contributed by atoms with Crippen molar-refractivity contribution in [2.45, 2.75) is 45.3 Å². The van der Waals surface area contributed by atoms with Crippen molar-refractivity contribution in [3.8, 4) is 0 Å². The SMILES string of the molecule is CC(C)c1nccn1CCC(=O)NC[C@@](C)(O)c1ccco1. The van der Waals surface area contributed by atoms with Crippen LogP contribution in [-0.2, 0) is 16.9 Å². The Morgan fingerprint density at radius 3 is 2.95 bits per heavy atom. The van der Waals surface area contributed by atoms with E-state index in [9.17, 15) is 9.90 Å². The van der Waals surface area contributed by atoms with E-state index in [0.717, 1.165) is 5.82 Å². The van der Waals surface area contributed by atoms with Crippen molar-refractivity contribution in [1.29, 1.82) is 0 Å². The maximum atomic E-state index is 11.9. The molecule has 0 aromatic carbocycles. The molecule has 2 rings (SSSR count). The highest BCUT2D eigenvalue weighted by Crippen LogP contribution is 2.19. The first-order chi connectivity index (χ1) is 10.4. The molecule has 6 nitrogen and oxygen atoms in total. The van der Waals surface area contributed by atoms with E-state index >= 15 is 0 Å². The highest BCUT2D eigenvalue weighted by Gasteiger charge is 2.26. The van der Waals surface area contributed by atoms with E-state index in [1.54, 1.807) is 25.3 Å². The Labute approximate surface area is 130 Å². The first kappa shape index (κ1) is 16.3. The molecule has 0 bridgehead atoms. The van der Waals surface area contributed by atoms with Gasteiger partial charge in [-0.3, -0.25) is 4.79 Å². The second kappa shape index (κ2) is 6.79. The van der Waals surface area contributed by atoms with Gasteiger partial charge in [0.05, 0.1) is 12.8 Å². The minimum atomic E-state index is -1.21. The molecule has 2 aromatic rings. The summed E-state index contributed by atoms with van der Waals surface area (Å²) in [5.74, 6) is 1.60. The van der Waals surface area contributed by atoms with E-state index in [1.807, 2.05) is 10.8 Å². The molecule has 1 atom stereocenters. The normalized spacial score (nSPS) is 14.0. The maximum absolute atomic E-state index is 11.9. The number of aliphatic hydroxyl groups is 1. The van der Waals surface area contributed by atoms with Crippen LogP contribution in [0.1, 0.15) is 44.7 Å². The van der Waals surface area contributed by atoms with Crippen molar-refractivity contribution in [3.05, 3.63) is 42.4 Å². The van der Waals surface area contributed by atoms with Crippen LogP contribution >= 0.6 is 0 Å². The van der Waals surface area contributed by atoms with Crippen LogP contribution in [0.3, 0.4) is 0 Å². The number of imidazole rings is 1. The number of hydrogen-bond acceptors (Lipinski definition) is 4. The fourth-order valence-electron chi connectivity index (χ4n) is 2.26. The predicted molar refractivity (Wildman–Crippen MR) is 82.2 cm³/mol. The molecule has 22 heavy (non-hydrogen) atoms. The lowest BCUT2D eigenvalue weighted by Gasteiger charge is -2.21. The summed E-state index contributed by atoms with van der Waals surface area (Å²) in [5, 5.41) is 13.0. The number of nitrogens with one attached hydrogen (secondary N) is 1. The van der Waals surface area contributed by atoms with Crippen molar-refractivity contribution in [2.24, 2.45) is 0 Å². The van der Waals surface area contributed by atoms with Crippen LogP contribution in [0, 0.1) is 0 Å². The van der Waals surface area contributed by atoms with Gasteiger partial charge in [0, 0.05) is 31.3 Å². The topological polar surface area (TPSA) is 80.3 Å². The van der Waals surface area contributed by atoms with E-state index < -0.39 is 5.60 Å². The third-order valence-corrected chi connectivity index (χ3v) is 3.53. The van der Waals surface area contributed by atoms with E-state index in [4.69, 9.17) is 4.42 Å². The van der Waals surface area contributed by atoms with Crippen LogP contribution < -0.4 is 5.32 Å². The maximum Gasteiger partial charge on any atom is 0.221 e. The number of furan rings is 1. The van der Waals surface area contributed by atoms with Gasteiger partial charge in [-0.15, -0.1) is 0 Å². The van der Waals surface area contributed by atoms with E-state index in [-0.39, 0.29) is 12.5 Å². The molecule has 120 valence electrons. The summed E-state index contributed by atoms with van der Waals surface area (Å²) in [4.78, 5) is 16.2. The minimum Gasteiger partial charge on any atom is -0.466 e. The second-order valence-electron chi connectivity index (χ2n) is 5.91. The zero-order valence-electron chi connectivity index (χ0n) is 13.2. The molecule has 0 saturated heterocycles. The van der Waals surface area contributed by atoms with Crippen LogP contribution in [0.15, 0.2) is 35.2 Å². The molecule has 2 N–H and O–H groups in total. The first-order valence-corrected chi connectivity index (χ1v) is 7.44. The van der Waals surface area contributed by atoms with Gasteiger partial charge in [0.1, 0.15) is 17.2 Å². The summed E-state index contributed by atoms with van der Waals surface area (Å²) < 4.78 is 7.16. The van der Waals surface area contributed by atoms with Gasteiger partial charge in [-0.05, 0) is 19.1 Å². The summed E-state index contributed by atoms with van der Waals surface area (Å²) in [6.45, 7) is 6.43. The molecule has 2 aromatic heterocycles. The van der Waals surface area contributed by atoms with Crippen LogP contribution in [0.4, 0.5) is 0 Å². The first-order valence-electron chi connectivity index (χ1n) is 7.44. The fourth-order valence-corrected chi connectivity index (χ4v) is 2.26. The Balaban J connectivity index is 1.82. The Morgan fingerprint density at radius 2 is 2.32 bits per heavy atom. The van der Waals surface area contributed by atoms with E-state index in [1.165, 1.54) is 6.26 Å². The fraction of sp³-hybridized carbons (Fsp3) is 0.500. The molecule has 1 amide bonds. The third kappa shape index (κ3) is 3.98. The molecule has 0 aliphatic rings. The van der Waals surface area contributed by atoms with Gasteiger partial charge in [0.15, 0.2) is 0 Å². The molecule has 6 heteroatoms. The number of rotatable bonds is 7. The van der Waals surface area contributed by atoms with Crippen molar-refractivity contribution in [2.75, 3.05) is 6.54 Å². The quantitative estimate of drug-likeness (QED) is 0.820. The van der Waals surface area contributed by atoms with Crippen LogP contribution in [0.5, 0.6) is 0 Å². The number of aryl methyl sites for hydroxylation is 1. The molecule has 2 heterocycles. The molecule has 0 aliphatic carbocycles. The average Bonchev–Trinajstić information content (AvgIpc) is 3.13. The Hall–Kier alpha value is -2.08. The minimum absolute atomic E-state index is 0.111. The summed E-state index contributed by atoms with van der Waals surface area (Å²) in [5.41, 5.74) is -1.21. The Morgan fingerprint density at radius 1 is 1.55 bits per heavy atom. The molecule has 0 spiro atoms. The Bertz CT molecular complexity index is 600. The van der Waals surface area contributed by atoms with Gasteiger partial charge in [-0.2, -0.15) is 0 Å². The monoisotopic (exact) mass is 305 g/mol. The summed E-state index contributed by atoms with van der Waals surface area (Å²) in [6, 6.07) is 3.39. The lowest BCUT2D eigenvalue weighted by Crippen LogP contribution is -2.38. The molecule has 0 saturated carbocycles. The van der Waals surface area contributed by atoms with Gasteiger partial charge in [-0.25, -0.2) is 4.98 Å². The average molecular weight is 305 g/mol. The highest BCUT2D eigenvalue weighted by molar-refractivity contribution is 5.75. The molecule has 0 unspecified atom stereocenters. The largest absolute Gasteiger partial charge is 0.466 e. The lowest BCUT2D eigenvalue weighted by molar-refractivity contribution is -0.122. The summed E-state index contributed by atoms with van der Waals surface area (Å²) in [6.07, 6.45) is 5.46. The molecule has 0 fully saturated rings. The van der Waals surface area contributed by atoms with Gasteiger partial charge in [0.2, 0.25) is 5.91 Å². The smallest absolute Gasteiger partial charge is 0.221 e. The van der Waals surface area contributed by atoms with Crippen molar-refractivity contribution in [1.82, 2.24) is 14.9 Å². The number of aromatic nitrogens is 2. The lowest BCUT2D eigenvalue weighted by atomic mass is 10.0. The van der Waals surface area contributed by atoms with Crippen molar-refractivity contribution in [3.63, 3.8) is 0 Å². The summed E-state index contributed by atoms with van der Waals surface area (Å²) >= 11 is 0. The summed E-state index contributed by atoms with van der Waals surface area (Å²) in [7, 11) is 0. The Kier molecular flexibility index (Phi) is 5.03. The number of amides is 1. The number of hydrogen-bond donors (Lipinski definition) is 2. The zero-order valence-corrected chi connectivity index (χ0v) is 13.2. The van der Waals surface area contributed by atoms with Crippen molar-refractivity contribution < 1.29 is 14.3 Å². The van der Waals surface area contributed by atoms with Crippen molar-refractivity contribution >= 4 is 5.91 Å².